The minimum Gasteiger partial charge on any atom is -0.535 e. The quantitative estimate of drug-likeness (QED) is 0.368. The van der Waals surface area contributed by atoms with Crippen LogP contribution in [0.25, 0.3) is 0 Å². The predicted molar refractivity (Wildman–Crippen MR) is 111 cm³/mol. The van der Waals surface area contributed by atoms with Crippen molar-refractivity contribution in [2.24, 2.45) is 11.7 Å². The van der Waals surface area contributed by atoms with E-state index in [-0.39, 0.29) is 29.3 Å². The van der Waals surface area contributed by atoms with Crippen LogP contribution in [0.4, 0.5) is 0 Å². The molecule has 0 unspecified atom stereocenters. The van der Waals surface area contributed by atoms with Crippen molar-refractivity contribution in [1.82, 2.24) is 5.32 Å². The van der Waals surface area contributed by atoms with Gasteiger partial charge in [0.2, 0.25) is 0 Å². The first kappa shape index (κ1) is 21.8. The molecule has 1 aromatic rings. The number of hydrogen-bond donors (Lipinski definition) is 4. The molecule has 0 spiro atoms. The van der Waals surface area contributed by atoms with Gasteiger partial charge in [0.1, 0.15) is 11.5 Å². The first-order chi connectivity index (χ1) is 14.0. The Morgan fingerprint density at radius 2 is 1.97 bits per heavy atom. The maximum Gasteiger partial charge on any atom is 0.526 e. The highest BCUT2D eigenvalue weighted by atomic mass is 16.5. The van der Waals surface area contributed by atoms with Crippen LogP contribution >= 0.6 is 0 Å². The standard InChI is InChI=1S/C21H31BN2O5/c23-9-2-10-24-17-7-5-14(6-8-17)11-18(25)13-16-12-15-3-1-4-19(21(26)27)20(15)29-22(16)28/h1,3-4,14,16-17,24,28H,2,5-13,23H2,(H,26,27)/t14?,16-,17?/m1/s1. The second kappa shape index (κ2) is 10.2. The Morgan fingerprint density at radius 3 is 2.66 bits per heavy atom. The van der Waals surface area contributed by atoms with Crippen LogP contribution in [0, 0.1) is 5.92 Å². The topological polar surface area (TPSA) is 122 Å². The molecule has 1 atom stereocenters. The molecule has 1 aliphatic carbocycles. The number of nitrogens with two attached hydrogens (primary N) is 1. The minimum atomic E-state index is -1.16. The molecule has 0 aromatic heterocycles. The summed E-state index contributed by atoms with van der Waals surface area (Å²) in [5.74, 6) is -0.653. The number of benzene rings is 1. The molecule has 29 heavy (non-hydrogen) atoms. The zero-order chi connectivity index (χ0) is 20.8. The van der Waals surface area contributed by atoms with E-state index in [0.29, 0.717) is 31.3 Å². The van der Waals surface area contributed by atoms with Crippen LogP contribution in [0.1, 0.15) is 60.9 Å². The molecule has 158 valence electrons. The third-order valence-electron chi connectivity index (χ3n) is 6.12. The van der Waals surface area contributed by atoms with Gasteiger partial charge < -0.3 is 25.8 Å². The minimum absolute atomic E-state index is 0.0446. The van der Waals surface area contributed by atoms with Gasteiger partial charge in [-0.3, -0.25) is 4.79 Å². The number of ketones is 1. The Kier molecular flexibility index (Phi) is 7.69. The highest BCUT2D eigenvalue weighted by molar-refractivity contribution is 6.47. The summed E-state index contributed by atoms with van der Waals surface area (Å²) in [4.78, 5) is 23.9. The van der Waals surface area contributed by atoms with E-state index in [4.69, 9.17) is 10.4 Å². The molecule has 0 saturated heterocycles. The molecule has 8 heteroatoms. The molecule has 5 N–H and O–H groups in total. The smallest absolute Gasteiger partial charge is 0.526 e. The molecule has 0 radical (unpaired) electrons. The van der Waals surface area contributed by atoms with E-state index in [1.807, 2.05) is 0 Å². The summed E-state index contributed by atoms with van der Waals surface area (Å²) in [6.45, 7) is 1.66. The van der Waals surface area contributed by atoms with Gasteiger partial charge in [0.05, 0.1) is 5.56 Å². The maximum atomic E-state index is 12.6. The lowest BCUT2D eigenvalue weighted by atomic mass is 9.64. The number of rotatable bonds is 9. The van der Waals surface area contributed by atoms with E-state index in [9.17, 15) is 19.7 Å². The molecule has 0 amide bonds. The zero-order valence-electron chi connectivity index (χ0n) is 16.8. The van der Waals surface area contributed by atoms with Crippen LogP contribution in [-0.2, 0) is 11.2 Å². The van der Waals surface area contributed by atoms with Gasteiger partial charge in [-0.25, -0.2) is 4.79 Å². The Morgan fingerprint density at radius 1 is 1.21 bits per heavy atom. The summed E-state index contributed by atoms with van der Waals surface area (Å²) in [5.41, 5.74) is 6.30. The van der Waals surface area contributed by atoms with Crippen LogP contribution in [0.5, 0.6) is 5.75 Å². The first-order valence-corrected chi connectivity index (χ1v) is 10.6. The van der Waals surface area contributed by atoms with Gasteiger partial charge in [0.15, 0.2) is 0 Å². The molecule has 1 saturated carbocycles. The van der Waals surface area contributed by atoms with E-state index in [1.165, 1.54) is 6.07 Å². The average Bonchev–Trinajstić information content (AvgIpc) is 2.69. The monoisotopic (exact) mass is 402 g/mol. The van der Waals surface area contributed by atoms with Crippen LogP contribution in [-0.4, -0.2) is 48.1 Å². The Balaban J connectivity index is 1.48. The molecule has 2 aliphatic rings. The number of nitrogens with one attached hydrogen (secondary N) is 1. The number of carbonyl (C=O) groups is 2. The molecule has 1 fully saturated rings. The van der Waals surface area contributed by atoms with Crippen molar-refractivity contribution in [3.63, 3.8) is 0 Å². The van der Waals surface area contributed by atoms with E-state index in [1.54, 1.807) is 12.1 Å². The number of para-hydroxylation sites is 1. The zero-order valence-corrected chi connectivity index (χ0v) is 16.8. The summed E-state index contributed by atoms with van der Waals surface area (Å²) < 4.78 is 5.49. The fourth-order valence-electron chi connectivity index (χ4n) is 4.50. The molecule has 0 bridgehead atoms. The largest absolute Gasteiger partial charge is 0.535 e. The van der Waals surface area contributed by atoms with Crippen molar-refractivity contribution in [3.8, 4) is 5.75 Å². The van der Waals surface area contributed by atoms with Gasteiger partial charge in [-0.15, -0.1) is 0 Å². The normalized spacial score (nSPS) is 23.9. The number of Topliss-reactive ketones (excluding diaryl/α,β-unsaturated/α-hetero) is 1. The summed E-state index contributed by atoms with van der Waals surface area (Å²) in [7, 11) is -1.16. The van der Waals surface area contributed by atoms with Gasteiger partial charge in [-0.1, -0.05) is 12.1 Å². The number of carbonyl (C=O) groups excluding carboxylic acids is 1. The summed E-state index contributed by atoms with van der Waals surface area (Å²) >= 11 is 0. The van der Waals surface area contributed by atoms with Crippen molar-refractivity contribution >= 4 is 18.9 Å². The van der Waals surface area contributed by atoms with Gasteiger partial charge in [-0.05, 0) is 69.2 Å². The molecule has 1 aliphatic heterocycles. The Bertz CT molecular complexity index is 721. The predicted octanol–water partition coefficient (Wildman–Crippen LogP) is 2.02. The van der Waals surface area contributed by atoms with Crippen LogP contribution in [0.2, 0.25) is 5.82 Å². The summed E-state index contributed by atoms with van der Waals surface area (Å²) in [6, 6.07) is 5.45. The van der Waals surface area contributed by atoms with Crippen molar-refractivity contribution < 1.29 is 24.4 Å². The van der Waals surface area contributed by atoms with Crippen molar-refractivity contribution in [3.05, 3.63) is 29.3 Å². The SMILES string of the molecule is NCCCNC1CCC(CC(=O)C[C@H]2Cc3cccc(C(=O)O)c3OB2O)CC1. The second-order valence-electron chi connectivity index (χ2n) is 8.33. The summed E-state index contributed by atoms with van der Waals surface area (Å²) in [5, 5.41) is 23.1. The second-order valence-corrected chi connectivity index (χ2v) is 8.33. The average molecular weight is 402 g/mol. The van der Waals surface area contributed by atoms with Crippen LogP contribution in [0.15, 0.2) is 18.2 Å². The third-order valence-corrected chi connectivity index (χ3v) is 6.12. The van der Waals surface area contributed by atoms with Gasteiger partial charge >= 0.3 is 13.1 Å². The number of aromatic carboxylic acids is 1. The number of fused-ring (bicyclic) bond motifs is 1. The molecular weight excluding hydrogens is 371 g/mol. The first-order valence-electron chi connectivity index (χ1n) is 10.6. The Hall–Kier alpha value is -1.90. The van der Waals surface area contributed by atoms with Crippen LogP contribution in [0.3, 0.4) is 0 Å². The highest BCUT2D eigenvalue weighted by Gasteiger charge is 2.38. The van der Waals surface area contributed by atoms with Crippen LogP contribution < -0.4 is 15.7 Å². The number of carboxylic acid groups (broad SMARTS) is 1. The Labute approximate surface area is 172 Å². The van der Waals surface area contributed by atoms with E-state index in [2.05, 4.69) is 5.32 Å². The molecule has 1 aromatic carbocycles. The fraction of sp³-hybridized carbons (Fsp3) is 0.619. The van der Waals surface area contributed by atoms with E-state index >= 15 is 0 Å². The molecule has 3 rings (SSSR count). The summed E-state index contributed by atoms with van der Waals surface area (Å²) in [6.07, 6.45) is 6.49. The fourth-order valence-corrected chi connectivity index (χ4v) is 4.50. The van der Waals surface area contributed by atoms with E-state index < -0.39 is 13.1 Å². The molecule has 7 nitrogen and oxygen atoms in total. The maximum absolute atomic E-state index is 12.6. The third kappa shape index (κ3) is 5.81. The number of hydrogen-bond acceptors (Lipinski definition) is 6. The van der Waals surface area contributed by atoms with Gasteiger partial charge in [-0.2, -0.15) is 0 Å². The van der Waals surface area contributed by atoms with Crippen molar-refractivity contribution in [2.75, 3.05) is 13.1 Å². The lowest BCUT2D eigenvalue weighted by Crippen LogP contribution is -2.36. The molecule has 1 heterocycles. The highest BCUT2D eigenvalue weighted by Crippen LogP contribution is 2.37. The van der Waals surface area contributed by atoms with Crippen molar-refractivity contribution in [1.29, 1.82) is 0 Å². The number of carboxylic acids is 1. The van der Waals surface area contributed by atoms with Gasteiger partial charge in [0.25, 0.3) is 0 Å². The molecular formula is C21H31BN2O5. The van der Waals surface area contributed by atoms with Crippen molar-refractivity contribution in [2.45, 2.75) is 63.2 Å². The lowest BCUT2D eigenvalue weighted by Gasteiger charge is -2.30. The lowest BCUT2D eigenvalue weighted by molar-refractivity contribution is -0.120. The van der Waals surface area contributed by atoms with E-state index in [0.717, 1.165) is 44.2 Å². The van der Waals surface area contributed by atoms with Gasteiger partial charge in [0, 0.05) is 24.7 Å².